The van der Waals surface area contributed by atoms with Crippen LogP contribution in [0.2, 0.25) is 0 Å². The van der Waals surface area contributed by atoms with Crippen molar-refractivity contribution in [3.05, 3.63) is 0 Å². The zero-order valence-electron chi connectivity index (χ0n) is 9.24. The lowest BCUT2D eigenvalue weighted by atomic mass is 9.87. The van der Waals surface area contributed by atoms with Gasteiger partial charge in [0.15, 0.2) is 0 Å². The average Bonchev–Trinajstić information content (AvgIpc) is 2.76. The van der Waals surface area contributed by atoms with Gasteiger partial charge in [0.1, 0.15) is 0 Å². The second-order valence-corrected chi connectivity index (χ2v) is 6.08. The van der Waals surface area contributed by atoms with Crippen molar-refractivity contribution in [1.82, 2.24) is 4.90 Å². The van der Waals surface area contributed by atoms with Gasteiger partial charge in [0.2, 0.25) is 0 Å². The van der Waals surface area contributed by atoms with Crippen LogP contribution in [0, 0.1) is 0 Å². The van der Waals surface area contributed by atoms with E-state index < -0.39 is 5.97 Å². The standard InChI is InChI=1S/C11H19NO2S/c1-9-11(4-7-15-9,8-10(13)14)12-5-2-3-6-12/h9H,2-8H2,1H3,(H,13,14). The van der Waals surface area contributed by atoms with E-state index in [-0.39, 0.29) is 5.54 Å². The van der Waals surface area contributed by atoms with E-state index in [9.17, 15) is 4.79 Å². The molecule has 2 aliphatic heterocycles. The summed E-state index contributed by atoms with van der Waals surface area (Å²) in [5.41, 5.74) is -0.0486. The zero-order valence-corrected chi connectivity index (χ0v) is 10.1. The lowest BCUT2D eigenvalue weighted by Crippen LogP contribution is -2.52. The highest BCUT2D eigenvalue weighted by Gasteiger charge is 2.47. The lowest BCUT2D eigenvalue weighted by molar-refractivity contribution is -0.140. The van der Waals surface area contributed by atoms with Crippen LogP contribution in [0.25, 0.3) is 0 Å². The predicted octanol–water partition coefficient (Wildman–Crippen LogP) is 1.82. The van der Waals surface area contributed by atoms with E-state index in [0.717, 1.165) is 25.3 Å². The van der Waals surface area contributed by atoms with E-state index in [2.05, 4.69) is 11.8 Å². The minimum Gasteiger partial charge on any atom is -0.481 e. The number of aliphatic carboxylic acids is 1. The smallest absolute Gasteiger partial charge is 0.305 e. The third-order valence-corrected chi connectivity index (χ3v) is 5.23. The molecule has 0 amide bonds. The fourth-order valence-corrected chi connectivity index (χ4v) is 4.44. The molecule has 86 valence electrons. The highest BCUT2D eigenvalue weighted by Crippen LogP contribution is 2.43. The Morgan fingerprint density at radius 1 is 1.53 bits per heavy atom. The van der Waals surface area contributed by atoms with Crippen LogP contribution in [0.4, 0.5) is 0 Å². The molecule has 0 bridgehead atoms. The number of hydrogen-bond donors (Lipinski definition) is 1. The number of likely N-dealkylation sites (tertiary alicyclic amines) is 1. The van der Waals surface area contributed by atoms with Crippen LogP contribution in [0.3, 0.4) is 0 Å². The minimum absolute atomic E-state index is 0.0486. The van der Waals surface area contributed by atoms with Gasteiger partial charge in [-0.3, -0.25) is 9.69 Å². The van der Waals surface area contributed by atoms with Gasteiger partial charge in [-0.15, -0.1) is 0 Å². The second kappa shape index (κ2) is 4.34. The van der Waals surface area contributed by atoms with Gasteiger partial charge in [0.25, 0.3) is 0 Å². The average molecular weight is 229 g/mol. The molecule has 1 N–H and O–H groups in total. The summed E-state index contributed by atoms with van der Waals surface area (Å²) in [6, 6.07) is 0. The minimum atomic E-state index is -0.642. The number of nitrogens with zero attached hydrogens (tertiary/aromatic N) is 1. The molecular formula is C11H19NO2S. The van der Waals surface area contributed by atoms with Gasteiger partial charge in [0, 0.05) is 10.8 Å². The topological polar surface area (TPSA) is 40.5 Å². The van der Waals surface area contributed by atoms with E-state index in [1.807, 2.05) is 11.8 Å². The van der Waals surface area contributed by atoms with Gasteiger partial charge in [-0.2, -0.15) is 11.8 Å². The van der Waals surface area contributed by atoms with Gasteiger partial charge in [-0.25, -0.2) is 0 Å². The molecule has 2 fully saturated rings. The quantitative estimate of drug-likeness (QED) is 0.801. The van der Waals surface area contributed by atoms with Gasteiger partial charge in [-0.1, -0.05) is 6.92 Å². The monoisotopic (exact) mass is 229 g/mol. The maximum Gasteiger partial charge on any atom is 0.305 e. The molecule has 0 radical (unpaired) electrons. The van der Waals surface area contributed by atoms with Crippen molar-refractivity contribution < 1.29 is 9.90 Å². The summed E-state index contributed by atoms with van der Waals surface area (Å²) in [4.78, 5) is 13.5. The first kappa shape index (κ1) is 11.3. The molecule has 15 heavy (non-hydrogen) atoms. The van der Waals surface area contributed by atoms with Gasteiger partial charge < -0.3 is 5.11 Å². The molecule has 2 saturated heterocycles. The van der Waals surface area contributed by atoms with Crippen molar-refractivity contribution in [3.63, 3.8) is 0 Å². The molecule has 4 heteroatoms. The fraction of sp³-hybridized carbons (Fsp3) is 0.909. The Kier molecular flexibility index (Phi) is 3.26. The fourth-order valence-electron chi connectivity index (χ4n) is 2.95. The van der Waals surface area contributed by atoms with Crippen molar-refractivity contribution in [3.8, 4) is 0 Å². The Morgan fingerprint density at radius 2 is 2.20 bits per heavy atom. The molecule has 0 aromatic heterocycles. The molecule has 2 heterocycles. The number of rotatable bonds is 3. The Bertz CT molecular complexity index is 253. The molecule has 2 unspecified atom stereocenters. The summed E-state index contributed by atoms with van der Waals surface area (Å²) in [6.45, 7) is 4.38. The highest BCUT2D eigenvalue weighted by atomic mass is 32.2. The maximum absolute atomic E-state index is 11.0. The summed E-state index contributed by atoms with van der Waals surface area (Å²) in [7, 11) is 0. The molecule has 0 aliphatic carbocycles. The normalized spacial score (nSPS) is 37.3. The van der Waals surface area contributed by atoms with Gasteiger partial charge >= 0.3 is 5.97 Å². The number of thioether (sulfide) groups is 1. The van der Waals surface area contributed by atoms with Crippen LogP contribution in [0.15, 0.2) is 0 Å². The first-order valence-electron chi connectivity index (χ1n) is 5.73. The van der Waals surface area contributed by atoms with E-state index in [4.69, 9.17) is 5.11 Å². The molecule has 2 atom stereocenters. The van der Waals surface area contributed by atoms with Crippen LogP contribution in [0.1, 0.15) is 32.6 Å². The number of carbonyl (C=O) groups is 1. The van der Waals surface area contributed by atoms with E-state index >= 15 is 0 Å². The Morgan fingerprint density at radius 3 is 2.67 bits per heavy atom. The van der Waals surface area contributed by atoms with Crippen molar-refractivity contribution in [2.24, 2.45) is 0 Å². The predicted molar refractivity (Wildman–Crippen MR) is 62.3 cm³/mol. The Hall–Kier alpha value is -0.220. The van der Waals surface area contributed by atoms with Gasteiger partial charge in [-0.05, 0) is 38.1 Å². The van der Waals surface area contributed by atoms with Gasteiger partial charge in [0.05, 0.1) is 6.42 Å². The maximum atomic E-state index is 11.0. The summed E-state index contributed by atoms with van der Waals surface area (Å²) in [5, 5.41) is 9.55. The molecule has 2 aliphatic rings. The third-order valence-electron chi connectivity index (χ3n) is 3.85. The first-order chi connectivity index (χ1) is 7.15. The lowest BCUT2D eigenvalue weighted by Gasteiger charge is -2.40. The summed E-state index contributed by atoms with van der Waals surface area (Å²) >= 11 is 1.93. The Balaban J connectivity index is 2.17. The van der Waals surface area contributed by atoms with Crippen molar-refractivity contribution in [1.29, 1.82) is 0 Å². The SMILES string of the molecule is CC1SCCC1(CC(=O)O)N1CCCC1. The molecule has 0 spiro atoms. The van der Waals surface area contributed by atoms with E-state index in [0.29, 0.717) is 11.7 Å². The Labute approximate surface area is 95.2 Å². The number of hydrogen-bond acceptors (Lipinski definition) is 3. The summed E-state index contributed by atoms with van der Waals surface area (Å²) in [6.07, 6.45) is 3.84. The van der Waals surface area contributed by atoms with Crippen molar-refractivity contribution >= 4 is 17.7 Å². The molecule has 3 nitrogen and oxygen atoms in total. The highest BCUT2D eigenvalue weighted by molar-refractivity contribution is 8.00. The van der Waals surface area contributed by atoms with E-state index in [1.54, 1.807) is 0 Å². The second-order valence-electron chi connectivity index (χ2n) is 4.63. The largest absolute Gasteiger partial charge is 0.481 e. The molecule has 0 aromatic carbocycles. The van der Waals surface area contributed by atoms with Crippen LogP contribution in [-0.4, -0.2) is 45.6 Å². The van der Waals surface area contributed by atoms with E-state index in [1.165, 1.54) is 12.8 Å². The summed E-state index contributed by atoms with van der Waals surface area (Å²) < 4.78 is 0. The third kappa shape index (κ3) is 2.02. The molecule has 0 saturated carbocycles. The van der Waals surface area contributed by atoms with Crippen LogP contribution < -0.4 is 0 Å². The zero-order chi connectivity index (χ0) is 10.9. The molecule has 0 aromatic rings. The molecule has 2 rings (SSSR count). The number of carboxylic acid groups (broad SMARTS) is 1. The van der Waals surface area contributed by atoms with Crippen LogP contribution in [-0.2, 0) is 4.79 Å². The number of carboxylic acids is 1. The van der Waals surface area contributed by atoms with Crippen LogP contribution >= 0.6 is 11.8 Å². The van der Waals surface area contributed by atoms with Crippen molar-refractivity contribution in [2.75, 3.05) is 18.8 Å². The first-order valence-corrected chi connectivity index (χ1v) is 6.78. The molecular weight excluding hydrogens is 210 g/mol. The van der Waals surface area contributed by atoms with Crippen LogP contribution in [0.5, 0.6) is 0 Å². The summed E-state index contributed by atoms with van der Waals surface area (Å²) in [5.74, 6) is 0.474. The van der Waals surface area contributed by atoms with Crippen molar-refractivity contribution in [2.45, 2.75) is 43.4 Å².